The molecule has 1 aromatic heterocycles. The van der Waals surface area contributed by atoms with E-state index in [1.165, 1.54) is 5.56 Å². The summed E-state index contributed by atoms with van der Waals surface area (Å²) in [6.45, 7) is 2.93. The van der Waals surface area contributed by atoms with Crippen molar-refractivity contribution in [1.29, 1.82) is 0 Å². The number of aryl methyl sites for hydroxylation is 1. The van der Waals surface area contributed by atoms with E-state index in [-0.39, 0.29) is 5.91 Å². The molecule has 0 aliphatic carbocycles. The van der Waals surface area contributed by atoms with Crippen molar-refractivity contribution in [2.24, 2.45) is 0 Å². The Kier molecular flexibility index (Phi) is 3.22. The molecule has 2 heterocycles. The Morgan fingerprint density at radius 3 is 2.88 bits per heavy atom. The fourth-order valence-electron chi connectivity index (χ4n) is 2.17. The van der Waals surface area contributed by atoms with Gasteiger partial charge in [-0.1, -0.05) is 13.0 Å². The maximum absolute atomic E-state index is 11.4. The molecule has 1 amide bonds. The molecular formula is C13H18N2O. The number of carbonyl (C=O) groups excluding carboxylic acids is 1. The van der Waals surface area contributed by atoms with E-state index in [1.54, 1.807) is 0 Å². The van der Waals surface area contributed by atoms with Crippen molar-refractivity contribution >= 4 is 5.91 Å². The third-order valence-corrected chi connectivity index (χ3v) is 3.31. The highest BCUT2D eigenvalue weighted by Crippen LogP contribution is 2.26. The van der Waals surface area contributed by atoms with Crippen molar-refractivity contribution < 1.29 is 4.79 Å². The molecule has 1 aromatic rings. The molecule has 1 unspecified atom stereocenters. The lowest BCUT2D eigenvalue weighted by Gasteiger charge is -2.29. The Balaban J connectivity index is 2.09. The molecule has 0 saturated carbocycles. The molecule has 2 rings (SSSR count). The van der Waals surface area contributed by atoms with Gasteiger partial charge in [0.1, 0.15) is 0 Å². The third kappa shape index (κ3) is 2.23. The Hall–Kier alpha value is -1.38. The summed E-state index contributed by atoms with van der Waals surface area (Å²) < 4.78 is 0. The van der Waals surface area contributed by atoms with E-state index < -0.39 is 0 Å². The molecule has 86 valence electrons. The second kappa shape index (κ2) is 4.64. The van der Waals surface area contributed by atoms with Crippen molar-refractivity contribution in [2.45, 2.75) is 32.1 Å². The third-order valence-electron chi connectivity index (χ3n) is 3.31. The minimum atomic E-state index is 0.259. The van der Waals surface area contributed by atoms with Gasteiger partial charge >= 0.3 is 0 Å². The van der Waals surface area contributed by atoms with Crippen molar-refractivity contribution in [1.82, 2.24) is 9.88 Å². The summed E-state index contributed by atoms with van der Waals surface area (Å²) >= 11 is 0. The van der Waals surface area contributed by atoms with E-state index in [0.29, 0.717) is 12.3 Å². The van der Waals surface area contributed by atoms with Crippen LogP contribution in [0.5, 0.6) is 0 Å². The number of carbonyl (C=O) groups is 1. The van der Waals surface area contributed by atoms with E-state index in [2.05, 4.69) is 24.0 Å². The highest BCUT2D eigenvalue weighted by Gasteiger charge is 2.23. The van der Waals surface area contributed by atoms with Crippen molar-refractivity contribution in [2.75, 3.05) is 13.6 Å². The largest absolute Gasteiger partial charge is 0.345 e. The fraction of sp³-hybridized carbons (Fsp3) is 0.538. The average molecular weight is 218 g/mol. The van der Waals surface area contributed by atoms with Gasteiger partial charge in [-0.25, -0.2) is 0 Å². The number of hydrogen-bond acceptors (Lipinski definition) is 2. The van der Waals surface area contributed by atoms with Gasteiger partial charge in [-0.05, 0) is 24.5 Å². The van der Waals surface area contributed by atoms with E-state index in [0.717, 1.165) is 25.1 Å². The number of aromatic nitrogens is 1. The summed E-state index contributed by atoms with van der Waals surface area (Å²) in [5, 5.41) is 0. The maximum atomic E-state index is 11.4. The zero-order valence-corrected chi connectivity index (χ0v) is 9.94. The molecule has 1 aliphatic heterocycles. The van der Waals surface area contributed by atoms with Gasteiger partial charge < -0.3 is 4.90 Å². The monoisotopic (exact) mass is 218 g/mol. The van der Waals surface area contributed by atoms with Crippen LogP contribution in [0.4, 0.5) is 0 Å². The first kappa shape index (κ1) is 11.1. The van der Waals surface area contributed by atoms with E-state index in [4.69, 9.17) is 0 Å². The van der Waals surface area contributed by atoms with Crippen LogP contribution in [0.25, 0.3) is 0 Å². The van der Waals surface area contributed by atoms with Gasteiger partial charge in [-0.15, -0.1) is 0 Å². The first-order chi connectivity index (χ1) is 7.70. The van der Waals surface area contributed by atoms with Gasteiger partial charge in [-0.3, -0.25) is 9.78 Å². The predicted molar refractivity (Wildman–Crippen MR) is 63.2 cm³/mol. The molecule has 1 atom stereocenters. The molecule has 0 radical (unpaired) electrons. The van der Waals surface area contributed by atoms with Gasteiger partial charge in [0.05, 0.1) is 0 Å². The van der Waals surface area contributed by atoms with Gasteiger partial charge in [0.25, 0.3) is 0 Å². The first-order valence-electron chi connectivity index (χ1n) is 5.89. The number of piperidine rings is 1. The molecule has 16 heavy (non-hydrogen) atoms. The summed E-state index contributed by atoms with van der Waals surface area (Å²) in [7, 11) is 1.88. The first-order valence-corrected chi connectivity index (χ1v) is 5.89. The standard InChI is InChI=1S/C13H18N2O/c1-3-12-6-4-10(8-14-12)11-5-7-13(16)15(2)9-11/h4,6,8,11H,3,5,7,9H2,1-2H3. The maximum Gasteiger partial charge on any atom is 0.222 e. The average Bonchev–Trinajstić information content (AvgIpc) is 2.33. The number of likely N-dealkylation sites (N-methyl/N-ethyl adjacent to an activating group) is 1. The Morgan fingerprint density at radius 2 is 2.31 bits per heavy atom. The molecule has 0 N–H and O–H groups in total. The lowest BCUT2D eigenvalue weighted by Crippen LogP contribution is -2.35. The highest BCUT2D eigenvalue weighted by atomic mass is 16.2. The quantitative estimate of drug-likeness (QED) is 0.760. The summed E-state index contributed by atoms with van der Waals surface area (Å²) in [5.74, 6) is 0.718. The van der Waals surface area contributed by atoms with E-state index >= 15 is 0 Å². The Bertz CT molecular complexity index is 372. The lowest BCUT2D eigenvalue weighted by atomic mass is 9.91. The van der Waals surface area contributed by atoms with Crippen LogP contribution in [-0.4, -0.2) is 29.4 Å². The summed E-state index contributed by atoms with van der Waals surface area (Å²) in [5.41, 5.74) is 2.39. The molecule has 1 saturated heterocycles. The SMILES string of the molecule is CCc1ccc(C2CCC(=O)N(C)C2)cn1. The zero-order chi connectivity index (χ0) is 11.5. The molecule has 3 nitrogen and oxygen atoms in total. The van der Waals surface area contributed by atoms with Gasteiger partial charge in [0.15, 0.2) is 0 Å². The van der Waals surface area contributed by atoms with Crippen LogP contribution in [-0.2, 0) is 11.2 Å². The topological polar surface area (TPSA) is 33.2 Å². The molecule has 1 aliphatic rings. The van der Waals surface area contributed by atoms with Crippen LogP contribution in [0.3, 0.4) is 0 Å². The van der Waals surface area contributed by atoms with Gasteiger partial charge in [0.2, 0.25) is 5.91 Å². The van der Waals surface area contributed by atoms with Crippen LogP contribution < -0.4 is 0 Å². The molecular weight excluding hydrogens is 200 g/mol. The van der Waals surface area contributed by atoms with Crippen LogP contribution in [0.15, 0.2) is 18.3 Å². The minimum Gasteiger partial charge on any atom is -0.345 e. The summed E-state index contributed by atoms with van der Waals surface area (Å²) in [6.07, 6.45) is 4.56. The minimum absolute atomic E-state index is 0.259. The van der Waals surface area contributed by atoms with Gasteiger partial charge in [0, 0.05) is 37.8 Å². The zero-order valence-electron chi connectivity index (χ0n) is 9.94. The normalized spacial score (nSPS) is 21.2. The predicted octanol–water partition coefficient (Wildman–Crippen LogP) is 1.98. The summed E-state index contributed by atoms with van der Waals surface area (Å²) in [6, 6.07) is 4.24. The Morgan fingerprint density at radius 1 is 1.50 bits per heavy atom. The van der Waals surface area contributed by atoms with Crippen molar-refractivity contribution in [3.63, 3.8) is 0 Å². The van der Waals surface area contributed by atoms with Crippen molar-refractivity contribution in [3.05, 3.63) is 29.6 Å². The molecule has 0 bridgehead atoms. The number of pyridine rings is 1. The van der Waals surface area contributed by atoms with Crippen molar-refractivity contribution in [3.8, 4) is 0 Å². The van der Waals surface area contributed by atoms with Crippen LogP contribution in [0, 0.1) is 0 Å². The molecule has 0 aromatic carbocycles. The van der Waals surface area contributed by atoms with Gasteiger partial charge in [-0.2, -0.15) is 0 Å². The van der Waals surface area contributed by atoms with E-state index in [1.807, 2.05) is 18.1 Å². The highest BCUT2D eigenvalue weighted by molar-refractivity contribution is 5.76. The van der Waals surface area contributed by atoms with E-state index in [9.17, 15) is 4.79 Å². The molecule has 3 heteroatoms. The smallest absolute Gasteiger partial charge is 0.222 e. The molecule has 1 fully saturated rings. The number of rotatable bonds is 2. The number of hydrogen-bond donors (Lipinski definition) is 0. The summed E-state index contributed by atoms with van der Waals surface area (Å²) in [4.78, 5) is 17.6. The van der Waals surface area contributed by atoms with Crippen LogP contribution in [0.2, 0.25) is 0 Å². The second-order valence-electron chi connectivity index (χ2n) is 4.45. The molecule has 0 spiro atoms. The fourth-order valence-corrected chi connectivity index (χ4v) is 2.17. The number of nitrogens with zero attached hydrogens (tertiary/aromatic N) is 2. The Labute approximate surface area is 96.5 Å². The number of amides is 1. The lowest BCUT2D eigenvalue weighted by molar-refractivity contribution is -0.132. The second-order valence-corrected chi connectivity index (χ2v) is 4.45. The van der Waals surface area contributed by atoms with Crippen LogP contribution >= 0.6 is 0 Å². The number of likely N-dealkylation sites (tertiary alicyclic amines) is 1. The van der Waals surface area contributed by atoms with Crippen LogP contribution in [0.1, 0.15) is 36.9 Å².